The van der Waals surface area contributed by atoms with Gasteiger partial charge in [-0.25, -0.2) is 5.10 Å². The van der Waals surface area contributed by atoms with Crippen LogP contribution in [0.25, 0.3) is 0 Å². The first-order valence-corrected chi connectivity index (χ1v) is 2.27. The predicted molar refractivity (Wildman–Crippen MR) is 27.6 cm³/mol. The molecule has 1 aromatic heterocycles. The van der Waals surface area contributed by atoms with Gasteiger partial charge < -0.3 is 10.1 Å². The third-order valence-corrected chi connectivity index (χ3v) is 0.866. The number of H-pyrrole nitrogens is 1. The zero-order valence-electron chi connectivity index (χ0n) is 4.01. The van der Waals surface area contributed by atoms with E-state index in [1.165, 1.54) is 0 Å². The molecule has 0 aliphatic rings. The molecule has 0 amide bonds. The van der Waals surface area contributed by atoms with Gasteiger partial charge in [-0.05, 0) is 12.2 Å². The Labute approximate surface area is 53.4 Å². The van der Waals surface area contributed by atoms with E-state index < -0.39 is 5.03 Å². The van der Waals surface area contributed by atoms with Gasteiger partial charge in [0.2, 0.25) is 5.21 Å². The molecule has 0 saturated carbocycles. The standard InChI is InChI=1S/CHN5O2S/c7-6(8)5-1(9)2-3-4-5/h(H,2,4,9). The highest BCUT2D eigenvalue weighted by Crippen LogP contribution is 1.78. The van der Waals surface area contributed by atoms with Gasteiger partial charge in [0.15, 0.2) is 0 Å². The van der Waals surface area contributed by atoms with E-state index >= 15 is 0 Å². The lowest BCUT2D eigenvalue weighted by molar-refractivity contribution is -0.555. The van der Waals surface area contributed by atoms with Crippen LogP contribution in [-0.2, 0) is 0 Å². The molecule has 0 radical (unpaired) electrons. The molecule has 0 spiro atoms. The van der Waals surface area contributed by atoms with Gasteiger partial charge in [-0.15, -0.1) is 0 Å². The lowest BCUT2D eigenvalue weighted by Gasteiger charge is -1.83. The van der Waals surface area contributed by atoms with Crippen molar-refractivity contribution in [3.8, 4) is 0 Å². The summed E-state index contributed by atoms with van der Waals surface area (Å²) in [6.07, 6.45) is 0. The predicted octanol–water partition coefficient (Wildman–Crippen LogP) is -0.625. The Morgan fingerprint density at radius 1 is 1.89 bits per heavy atom. The minimum atomic E-state index is -0.772. The maximum atomic E-state index is 9.86. The molecule has 1 aromatic rings. The molecule has 0 aliphatic heterocycles. The van der Waals surface area contributed by atoms with Crippen molar-refractivity contribution in [3.05, 3.63) is 14.9 Å². The van der Waals surface area contributed by atoms with Crippen molar-refractivity contribution in [3.63, 3.8) is 0 Å². The first-order chi connectivity index (χ1) is 4.22. The summed E-state index contributed by atoms with van der Waals surface area (Å²) in [5.41, 5.74) is 0. The number of rotatable bonds is 1. The zero-order chi connectivity index (χ0) is 6.85. The van der Waals surface area contributed by atoms with Crippen molar-refractivity contribution in [2.75, 3.05) is 0 Å². The van der Waals surface area contributed by atoms with E-state index in [0.29, 0.717) is 4.79 Å². The van der Waals surface area contributed by atoms with Gasteiger partial charge in [-0.1, -0.05) is 0 Å². The number of nitro groups is 1. The Balaban J connectivity index is 3.24. The van der Waals surface area contributed by atoms with Crippen molar-refractivity contribution in [1.29, 1.82) is 0 Å². The molecule has 0 saturated heterocycles. The van der Waals surface area contributed by atoms with Gasteiger partial charge in [0.25, 0.3) is 4.77 Å². The quantitative estimate of drug-likeness (QED) is 0.324. The van der Waals surface area contributed by atoms with Crippen LogP contribution in [-0.4, -0.2) is 25.3 Å². The van der Waals surface area contributed by atoms with E-state index in [4.69, 9.17) is 0 Å². The average Bonchev–Trinajstić information content (AvgIpc) is 2.13. The summed E-state index contributed by atoms with van der Waals surface area (Å²) in [5.74, 6) is 0. The van der Waals surface area contributed by atoms with Crippen LogP contribution in [0.1, 0.15) is 0 Å². The van der Waals surface area contributed by atoms with Crippen LogP contribution in [0.4, 0.5) is 0 Å². The maximum absolute atomic E-state index is 9.86. The highest BCUT2D eigenvalue weighted by molar-refractivity contribution is 7.71. The van der Waals surface area contributed by atoms with E-state index in [9.17, 15) is 10.1 Å². The van der Waals surface area contributed by atoms with Gasteiger partial charge in [0, 0.05) is 0 Å². The fraction of sp³-hybridized carbons (Fsp3) is 0. The van der Waals surface area contributed by atoms with Crippen LogP contribution in [0.5, 0.6) is 0 Å². The molecule has 1 rings (SSSR count). The molecule has 8 heteroatoms. The topological polar surface area (TPSA) is 89.6 Å². The van der Waals surface area contributed by atoms with Gasteiger partial charge in [0.1, 0.15) is 0 Å². The number of tetrazole rings is 1. The summed E-state index contributed by atoms with van der Waals surface area (Å²) in [7, 11) is 0. The molecule has 0 bridgehead atoms. The molecule has 48 valence electrons. The third kappa shape index (κ3) is 0.914. The fourth-order valence-electron chi connectivity index (χ4n) is 0.300. The SMILES string of the molecule is O=[N+]([O-])n1nn[nH]c1=S. The van der Waals surface area contributed by atoms with Crippen LogP contribution < -0.4 is 0 Å². The Bertz CT molecular complexity index is 272. The molecule has 1 heterocycles. The van der Waals surface area contributed by atoms with Crippen molar-refractivity contribution in [2.45, 2.75) is 0 Å². The number of aromatic amines is 1. The summed E-state index contributed by atoms with van der Waals surface area (Å²) in [4.78, 5) is 10.2. The molecule has 0 fully saturated rings. The molecule has 9 heavy (non-hydrogen) atoms. The van der Waals surface area contributed by atoms with Crippen molar-refractivity contribution in [2.24, 2.45) is 0 Å². The van der Waals surface area contributed by atoms with E-state index in [2.05, 4.69) is 27.7 Å². The molecular formula is CHN5O2S. The minimum Gasteiger partial charge on any atom is -0.339 e. The monoisotopic (exact) mass is 147 g/mol. The smallest absolute Gasteiger partial charge is 0.286 e. The van der Waals surface area contributed by atoms with Gasteiger partial charge in [-0.3, -0.25) is 0 Å². The van der Waals surface area contributed by atoms with Crippen LogP contribution in [0.15, 0.2) is 0 Å². The Kier molecular flexibility index (Phi) is 1.23. The summed E-state index contributed by atoms with van der Waals surface area (Å²) >= 11 is 4.40. The largest absolute Gasteiger partial charge is 0.339 e. The number of aromatic nitrogens is 4. The lowest BCUT2D eigenvalue weighted by Crippen LogP contribution is -2.10. The first kappa shape index (κ1) is 5.82. The molecule has 0 aliphatic carbocycles. The zero-order valence-corrected chi connectivity index (χ0v) is 4.83. The highest BCUT2D eigenvalue weighted by Gasteiger charge is 2.03. The molecule has 0 atom stereocenters. The van der Waals surface area contributed by atoms with E-state index in [1.807, 2.05) is 0 Å². The minimum absolute atomic E-state index is 0.125. The molecule has 7 nitrogen and oxygen atoms in total. The number of hydrogen-bond donors (Lipinski definition) is 1. The van der Waals surface area contributed by atoms with Crippen LogP contribution in [0.3, 0.4) is 0 Å². The second-order valence-electron chi connectivity index (χ2n) is 1.13. The van der Waals surface area contributed by atoms with Crippen LogP contribution in [0.2, 0.25) is 0 Å². The molecule has 0 aromatic carbocycles. The van der Waals surface area contributed by atoms with E-state index in [-0.39, 0.29) is 4.77 Å². The summed E-state index contributed by atoms with van der Waals surface area (Å²) in [6, 6.07) is 0. The van der Waals surface area contributed by atoms with Crippen LogP contribution in [0, 0.1) is 14.9 Å². The third-order valence-electron chi connectivity index (χ3n) is 0.611. The molecule has 1 N–H and O–H groups in total. The molecular weight excluding hydrogens is 146 g/mol. The van der Waals surface area contributed by atoms with Crippen molar-refractivity contribution >= 4 is 12.2 Å². The van der Waals surface area contributed by atoms with Gasteiger partial charge in [0.05, 0.1) is 15.0 Å². The number of nitrogens with one attached hydrogen (secondary N) is 1. The molecule has 0 unspecified atom stereocenters. The van der Waals surface area contributed by atoms with Crippen LogP contribution >= 0.6 is 12.2 Å². The van der Waals surface area contributed by atoms with Crippen molar-refractivity contribution in [1.82, 2.24) is 20.3 Å². The normalized spacial score (nSPS) is 9.33. The second-order valence-corrected chi connectivity index (χ2v) is 1.52. The second kappa shape index (κ2) is 1.90. The Morgan fingerprint density at radius 2 is 2.56 bits per heavy atom. The van der Waals surface area contributed by atoms with Crippen molar-refractivity contribution < 1.29 is 5.03 Å². The van der Waals surface area contributed by atoms with Gasteiger partial charge >= 0.3 is 0 Å². The Hall–Kier alpha value is -1.31. The first-order valence-electron chi connectivity index (χ1n) is 1.87. The number of hydrogen-bond acceptors (Lipinski definition) is 5. The van der Waals surface area contributed by atoms with Gasteiger partial charge in [-0.2, -0.15) is 0 Å². The summed E-state index contributed by atoms with van der Waals surface area (Å²) in [5, 5.41) is 17.3. The highest BCUT2D eigenvalue weighted by atomic mass is 32.1. The van der Waals surface area contributed by atoms with E-state index in [1.54, 1.807) is 0 Å². The summed E-state index contributed by atoms with van der Waals surface area (Å²) in [6.45, 7) is 0. The Morgan fingerprint density at radius 3 is 2.78 bits per heavy atom. The number of nitrogens with zero attached hydrogens (tertiary/aromatic N) is 4. The van der Waals surface area contributed by atoms with E-state index in [0.717, 1.165) is 0 Å². The fourth-order valence-corrected chi connectivity index (χ4v) is 0.444. The maximum Gasteiger partial charge on any atom is 0.286 e. The lowest BCUT2D eigenvalue weighted by atomic mass is 11.4. The summed E-state index contributed by atoms with van der Waals surface area (Å²) < 4.78 is -0.125. The average molecular weight is 147 g/mol.